The third-order valence-electron chi connectivity index (χ3n) is 6.41. The van der Waals surface area contributed by atoms with E-state index in [9.17, 15) is 14.0 Å². The van der Waals surface area contributed by atoms with Crippen LogP contribution < -0.4 is 10.6 Å². The lowest BCUT2D eigenvalue weighted by Gasteiger charge is -2.25. The molecule has 0 aliphatic carbocycles. The maximum atomic E-state index is 14.0. The smallest absolute Gasteiger partial charge is 0.337 e. The van der Waals surface area contributed by atoms with Gasteiger partial charge in [-0.15, -0.1) is 0 Å². The normalized spacial score (nSPS) is 16.6. The number of nitrogens with zero attached hydrogens (tertiary/aromatic N) is 2. The van der Waals surface area contributed by atoms with Gasteiger partial charge in [0.05, 0.1) is 30.1 Å². The highest BCUT2D eigenvalue weighted by atomic mass is 32.1. The SMILES string of the molecule is COC(=O)c1cccc(-c2ccc([C@H]3[C@H](c4ccccn4)NC(=S)N3CCC(=O)Nc3ccccc3F)o2)c1. The molecular weight excluding hydrogens is 519 g/mol. The first-order valence-electron chi connectivity index (χ1n) is 12.3. The molecule has 4 aromatic rings. The Morgan fingerprint density at radius 2 is 1.92 bits per heavy atom. The highest BCUT2D eigenvalue weighted by Gasteiger charge is 2.41. The molecule has 1 fully saturated rings. The predicted molar refractivity (Wildman–Crippen MR) is 147 cm³/mol. The summed E-state index contributed by atoms with van der Waals surface area (Å²) in [6.07, 6.45) is 1.77. The van der Waals surface area contributed by atoms with Gasteiger partial charge in [-0.25, -0.2) is 9.18 Å². The monoisotopic (exact) mass is 544 g/mol. The Morgan fingerprint density at radius 1 is 1.10 bits per heavy atom. The zero-order valence-electron chi connectivity index (χ0n) is 21.0. The first-order chi connectivity index (χ1) is 18.9. The Labute approximate surface area is 229 Å². The standard InChI is InChI=1S/C29H25FN4O4S/c1-37-28(36)19-8-6-7-18(17-19)23-12-13-24(38-23)27-26(22-11-4-5-15-31-22)33-29(39)34(27)16-14-25(35)32-21-10-3-2-9-20(21)30/h2-13,15,17,26-27H,14,16H2,1H3,(H,32,35)(H,33,39)/t26-,27-/m0/s1. The van der Waals surface area contributed by atoms with Crippen LogP contribution in [-0.2, 0) is 9.53 Å². The average molecular weight is 545 g/mol. The summed E-state index contributed by atoms with van der Waals surface area (Å²) in [6.45, 7) is 0.258. The van der Waals surface area contributed by atoms with Crippen molar-refractivity contribution >= 4 is 34.9 Å². The van der Waals surface area contributed by atoms with Gasteiger partial charge in [-0.05, 0) is 60.7 Å². The van der Waals surface area contributed by atoms with Crippen molar-refractivity contribution in [2.75, 3.05) is 19.0 Å². The molecule has 0 saturated carbocycles. The van der Waals surface area contributed by atoms with E-state index >= 15 is 0 Å². The summed E-state index contributed by atoms with van der Waals surface area (Å²) in [5, 5.41) is 6.37. The number of thiocarbonyl (C=S) groups is 1. The zero-order valence-corrected chi connectivity index (χ0v) is 21.8. The third-order valence-corrected chi connectivity index (χ3v) is 6.76. The van der Waals surface area contributed by atoms with Gasteiger partial charge in [-0.2, -0.15) is 0 Å². The summed E-state index contributed by atoms with van der Waals surface area (Å²) in [5.74, 6) is -0.125. The fourth-order valence-electron chi connectivity index (χ4n) is 4.54. The van der Waals surface area contributed by atoms with Crippen LogP contribution in [0.2, 0.25) is 0 Å². The Kier molecular flexibility index (Phi) is 7.64. The van der Waals surface area contributed by atoms with Crippen molar-refractivity contribution < 1.29 is 23.1 Å². The Hall–Kier alpha value is -4.57. The van der Waals surface area contributed by atoms with E-state index in [0.29, 0.717) is 27.8 Å². The molecule has 2 N–H and O–H groups in total. The molecule has 2 aromatic carbocycles. The largest absolute Gasteiger partial charge is 0.465 e. The molecule has 10 heteroatoms. The summed E-state index contributed by atoms with van der Waals surface area (Å²) < 4.78 is 25.1. The molecule has 1 amide bonds. The second-order valence-corrected chi connectivity index (χ2v) is 9.26. The quantitative estimate of drug-likeness (QED) is 0.229. The number of pyridine rings is 1. The molecular formula is C29H25FN4O4S. The van der Waals surface area contributed by atoms with Crippen LogP contribution >= 0.6 is 12.2 Å². The van der Waals surface area contributed by atoms with Crippen molar-refractivity contribution in [3.63, 3.8) is 0 Å². The first-order valence-corrected chi connectivity index (χ1v) is 12.7. The second-order valence-electron chi connectivity index (χ2n) is 8.87. The lowest BCUT2D eigenvalue weighted by molar-refractivity contribution is -0.116. The van der Waals surface area contributed by atoms with Gasteiger partial charge in [-0.3, -0.25) is 9.78 Å². The molecule has 2 aromatic heterocycles. The molecule has 8 nitrogen and oxygen atoms in total. The molecule has 2 atom stereocenters. The van der Waals surface area contributed by atoms with Crippen LogP contribution in [0.15, 0.2) is 89.5 Å². The molecule has 1 aliphatic heterocycles. The number of aromatic nitrogens is 1. The number of esters is 1. The highest BCUT2D eigenvalue weighted by molar-refractivity contribution is 7.80. The van der Waals surface area contributed by atoms with Crippen LogP contribution in [0.3, 0.4) is 0 Å². The van der Waals surface area contributed by atoms with Crippen molar-refractivity contribution in [2.24, 2.45) is 0 Å². The number of amides is 1. The molecule has 0 bridgehead atoms. The van der Waals surface area contributed by atoms with E-state index in [-0.39, 0.29) is 30.6 Å². The number of nitrogens with one attached hydrogen (secondary N) is 2. The Morgan fingerprint density at radius 3 is 2.69 bits per heavy atom. The van der Waals surface area contributed by atoms with E-state index in [1.54, 1.807) is 36.5 Å². The van der Waals surface area contributed by atoms with Crippen LogP contribution in [0.1, 0.15) is 40.3 Å². The van der Waals surface area contributed by atoms with Gasteiger partial charge in [-0.1, -0.05) is 30.3 Å². The third kappa shape index (κ3) is 5.65. The first kappa shape index (κ1) is 26.1. The fourth-order valence-corrected chi connectivity index (χ4v) is 4.87. The lowest BCUT2D eigenvalue weighted by atomic mass is 10.0. The summed E-state index contributed by atoms with van der Waals surface area (Å²) in [5.41, 5.74) is 2.00. The van der Waals surface area contributed by atoms with Gasteiger partial charge in [0.2, 0.25) is 5.91 Å². The zero-order chi connectivity index (χ0) is 27.4. The van der Waals surface area contributed by atoms with Crippen molar-refractivity contribution in [3.8, 4) is 11.3 Å². The van der Waals surface area contributed by atoms with E-state index in [1.165, 1.54) is 19.2 Å². The van der Waals surface area contributed by atoms with Crippen LogP contribution in [0.5, 0.6) is 0 Å². The topological polar surface area (TPSA) is 96.7 Å². The minimum absolute atomic E-state index is 0.0658. The van der Waals surface area contributed by atoms with E-state index in [0.717, 1.165) is 5.69 Å². The summed E-state index contributed by atoms with van der Waals surface area (Å²) in [7, 11) is 1.33. The summed E-state index contributed by atoms with van der Waals surface area (Å²) in [4.78, 5) is 31.1. The van der Waals surface area contributed by atoms with Crippen molar-refractivity contribution in [3.05, 3.63) is 108 Å². The minimum atomic E-state index is -0.503. The van der Waals surface area contributed by atoms with E-state index in [4.69, 9.17) is 21.4 Å². The Bertz CT molecular complexity index is 1510. The van der Waals surface area contributed by atoms with E-state index in [1.807, 2.05) is 41.3 Å². The maximum absolute atomic E-state index is 14.0. The number of hydrogen-bond acceptors (Lipinski definition) is 6. The number of carbonyl (C=O) groups is 2. The van der Waals surface area contributed by atoms with Gasteiger partial charge in [0.1, 0.15) is 23.4 Å². The number of carbonyl (C=O) groups excluding carboxylic acids is 2. The number of hydrogen-bond donors (Lipinski definition) is 2. The predicted octanol–water partition coefficient (Wildman–Crippen LogP) is 5.27. The highest BCUT2D eigenvalue weighted by Crippen LogP contribution is 2.40. The number of furan rings is 1. The molecule has 0 spiro atoms. The van der Waals surface area contributed by atoms with Crippen LogP contribution in [0, 0.1) is 5.82 Å². The molecule has 5 rings (SSSR count). The lowest BCUT2D eigenvalue weighted by Crippen LogP contribution is -2.32. The second kappa shape index (κ2) is 11.4. The van der Waals surface area contributed by atoms with Crippen molar-refractivity contribution in [1.29, 1.82) is 0 Å². The molecule has 1 saturated heterocycles. The number of ether oxygens (including phenoxy) is 1. The molecule has 39 heavy (non-hydrogen) atoms. The van der Waals surface area contributed by atoms with Gasteiger partial charge < -0.3 is 24.7 Å². The fraction of sp³-hybridized carbons (Fsp3) is 0.172. The summed E-state index contributed by atoms with van der Waals surface area (Å²) in [6, 6.07) is 21.5. The average Bonchev–Trinajstić information content (AvgIpc) is 3.58. The number of benzene rings is 2. The molecule has 198 valence electrons. The van der Waals surface area contributed by atoms with E-state index in [2.05, 4.69) is 15.6 Å². The molecule has 0 unspecified atom stereocenters. The molecule has 1 aliphatic rings. The van der Waals surface area contributed by atoms with Gasteiger partial charge in [0.25, 0.3) is 0 Å². The van der Waals surface area contributed by atoms with Gasteiger partial charge in [0.15, 0.2) is 5.11 Å². The number of methoxy groups -OCH3 is 1. The summed E-state index contributed by atoms with van der Waals surface area (Å²) >= 11 is 5.66. The Balaban J connectivity index is 1.41. The number of anilines is 1. The maximum Gasteiger partial charge on any atom is 0.337 e. The number of halogens is 1. The minimum Gasteiger partial charge on any atom is -0.465 e. The van der Waals surface area contributed by atoms with Gasteiger partial charge >= 0.3 is 5.97 Å². The molecule has 0 radical (unpaired) electrons. The number of rotatable bonds is 8. The van der Waals surface area contributed by atoms with Crippen LogP contribution in [0.4, 0.5) is 10.1 Å². The van der Waals surface area contributed by atoms with Crippen LogP contribution in [0.25, 0.3) is 11.3 Å². The van der Waals surface area contributed by atoms with Crippen molar-refractivity contribution in [2.45, 2.75) is 18.5 Å². The van der Waals surface area contributed by atoms with Crippen molar-refractivity contribution in [1.82, 2.24) is 15.2 Å². The van der Waals surface area contributed by atoms with E-state index < -0.39 is 17.8 Å². The molecule has 3 heterocycles. The number of para-hydroxylation sites is 1. The van der Waals surface area contributed by atoms with Crippen LogP contribution in [-0.4, -0.2) is 40.5 Å². The van der Waals surface area contributed by atoms with Gasteiger partial charge in [0, 0.05) is 24.7 Å².